The highest BCUT2D eigenvalue weighted by Crippen LogP contribution is 2.25. The summed E-state index contributed by atoms with van der Waals surface area (Å²) in [6.07, 6.45) is 1.49. The Bertz CT molecular complexity index is 753. The fraction of sp³-hybridized carbons (Fsp3) is 0.250. The molecule has 24 heavy (non-hydrogen) atoms. The van der Waals surface area contributed by atoms with Gasteiger partial charge in [0.15, 0.2) is 0 Å². The fourth-order valence-corrected chi connectivity index (χ4v) is 2.50. The molecule has 0 saturated carbocycles. The number of aliphatic hydroxyl groups excluding tert-OH is 1. The monoisotopic (exact) mass is 410 g/mol. The molecule has 4 nitrogen and oxygen atoms in total. The van der Waals surface area contributed by atoms with E-state index >= 15 is 0 Å². The van der Waals surface area contributed by atoms with Crippen LogP contribution in [0.2, 0.25) is 15.1 Å². The standard InChI is InChI=1S/C15H13Cl3O.CH4O3S/c16-12-5-2-11(3-6-12)15(19)8-4-10-1-7-13(17)9-14(10)18;1-5(2,3)4/h1-3,5-7,9,15,19H,4,8H2;1H3,(H,2,3,4). The molecule has 1 atom stereocenters. The summed E-state index contributed by atoms with van der Waals surface area (Å²) in [7, 11) is -3.67. The molecule has 0 bridgehead atoms. The molecule has 2 aromatic rings. The maximum absolute atomic E-state index is 10.1. The van der Waals surface area contributed by atoms with Crippen LogP contribution in [0.5, 0.6) is 0 Å². The van der Waals surface area contributed by atoms with Crippen molar-refractivity contribution in [3.63, 3.8) is 0 Å². The summed E-state index contributed by atoms with van der Waals surface area (Å²) in [6, 6.07) is 12.6. The van der Waals surface area contributed by atoms with Crippen LogP contribution in [0.15, 0.2) is 42.5 Å². The van der Waals surface area contributed by atoms with E-state index in [2.05, 4.69) is 0 Å². The zero-order valence-corrected chi connectivity index (χ0v) is 15.9. The van der Waals surface area contributed by atoms with E-state index in [1.54, 1.807) is 24.3 Å². The third kappa shape index (κ3) is 8.87. The lowest BCUT2D eigenvalue weighted by molar-refractivity contribution is 0.168. The smallest absolute Gasteiger partial charge is 0.261 e. The van der Waals surface area contributed by atoms with Gasteiger partial charge in [-0.2, -0.15) is 8.42 Å². The van der Waals surface area contributed by atoms with Crippen molar-refractivity contribution in [2.24, 2.45) is 0 Å². The lowest BCUT2D eigenvalue weighted by atomic mass is 10.0. The second-order valence-corrected chi connectivity index (χ2v) is 7.82. The summed E-state index contributed by atoms with van der Waals surface area (Å²) in [4.78, 5) is 0. The van der Waals surface area contributed by atoms with Crippen molar-refractivity contribution in [3.8, 4) is 0 Å². The molecule has 2 rings (SSSR count). The number of benzene rings is 2. The van der Waals surface area contributed by atoms with Crippen LogP contribution in [0.4, 0.5) is 0 Å². The molecule has 0 saturated heterocycles. The molecular formula is C16H17Cl3O4S. The minimum atomic E-state index is -3.67. The van der Waals surface area contributed by atoms with E-state index in [0.29, 0.717) is 34.2 Å². The van der Waals surface area contributed by atoms with E-state index in [1.165, 1.54) is 0 Å². The van der Waals surface area contributed by atoms with Gasteiger partial charge in [-0.15, -0.1) is 0 Å². The topological polar surface area (TPSA) is 74.6 Å². The van der Waals surface area contributed by atoms with Gasteiger partial charge in [-0.25, -0.2) is 0 Å². The van der Waals surface area contributed by atoms with Crippen molar-refractivity contribution in [2.75, 3.05) is 6.26 Å². The molecule has 0 radical (unpaired) electrons. The molecule has 8 heteroatoms. The largest absolute Gasteiger partial charge is 0.388 e. The lowest BCUT2D eigenvalue weighted by Crippen LogP contribution is -1.99. The number of aliphatic hydroxyl groups is 1. The maximum Gasteiger partial charge on any atom is 0.261 e. The molecular weight excluding hydrogens is 395 g/mol. The minimum absolute atomic E-state index is 0.524. The average molecular weight is 412 g/mol. The molecule has 0 aromatic heterocycles. The van der Waals surface area contributed by atoms with E-state index in [1.807, 2.05) is 18.2 Å². The van der Waals surface area contributed by atoms with Gasteiger partial charge < -0.3 is 5.11 Å². The fourth-order valence-electron chi connectivity index (χ4n) is 1.87. The van der Waals surface area contributed by atoms with Crippen LogP contribution in [0.25, 0.3) is 0 Å². The van der Waals surface area contributed by atoms with Gasteiger partial charge in [-0.3, -0.25) is 4.55 Å². The Kier molecular flexibility index (Phi) is 8.50. The van der Waals surface area contributed by atoms with Crippen molar-refractivity contribution in [1.29, 1.82) is 0 Å². The zero-order valence-electron chi connectivity index (χ0n) is 12.8. The van der Waals surface area contributed by atoms with E-state index in [0.717, 1.165) is 11.1 Å². The zero-order chi connectivity index (χ0) is 18.3. The molecule has 0 aliphatic rings. The Morgan fingerprint density at radius 3 is 2.00 bits per heavy atom. The van der Waals surface area contributed by atoms with Gasteiger partial charge in [0.05, 0.1) is 12.4 Å². The third-order valence-corrected chi connectivity index (χ3v) is 3.80. The van der Waals surface area contributed by atoms with Crippen molar-refractivity contribution >= 4 is 44.9 Å². The van der Waals surface area contributed by atoms with Crippen molar-refractivity contribution in [2.45, 2.75) is 18.9 Å². The molecule has 2 N–H and O–H groups in total. The van der Waals surface area contributed by atoms with Gasteiger partial charge in [-0.05, 0) is 48.2 Å². The van der Waals surface area contributed by atoms with Crippen LogP contribution in [-0.4, -0.2) is 24.3 Å². The van der Waals surface area contributed by atoms with Crippen molar-refractivity contribution in [3.05, 3.63) is 68.7 Å². The first-order chi connectivity index (χ1) is 11.1. The van der Waals surface area contributed by atoms with Gasteiger partial charge >= 0.3 is 0 Å². The summed E-state index contributed by atoms with van der Waals surface area (Å²) < 4.78 is 25.9. The quantitative estimate of drug-likeness (QED) is 0.707. The average Bonchev–Trinajstić information content (AvgIpc) is 2.45. The van der Waals surface area contributed by atoms with Crippen molar-refractivity contribution in [1.82, 2.24) is 0 Å². The van der Waals surface area contributed by atoms with Crippen LogP contribution < -0.4 is 0 Å². The van der Waals surface area contributed by atoms with E-state index in [-0.39, 0.29) is 0 Å². The highest BCUT2D eigenvalue weighted by Gasteiger charge is 2.09. The maximum atomic E-state index is 10.1. The second-order valence-electron chi connectivity index (χ2n) is 5.07. The SMILES string of the molecule is CS(=O)(=O)O.OC(CCc1ccc(Cl)cc1Cl)c1ccc(Cl)cc1. The molecule has 0 aliphatic carbocycles. The molecule has 1 unspecified atom stereocenters. The minimum Gasteiger partial charge on any atom is -0.388 e. The molecule has 2 aromatic carbocycles. The van der Waals surface area contributed by atoms with E-state index in [4.69, 9.17) is 39.4 Å². The van der Waals surface area contributed by atoms with Gasteiger partial charge in [0.2, 0.25) is 0 Å². The van der Waals surface area contributed by atoms with Crippen LogP contribution in [0.1, 0.15) is 23.7 Å². The molecule has 0 heterocycles. The predicted octanol–water partition coefficient (Wildman–Crippen LogP) is 4.82. The first kappa shape index (κ1) is 21.2. The summed E-state index contributed by atoms with van der Waals surface area (Å²) >= 11 is 17.8. The number of hydrogen-bond donors (Lipinski definition) is 2. The van der Waals surface area contributed by atoms with Crippen LogP contribution >= 0.6 is 34.8 Å². The Labute approximate surface area is 156 Å². The Morgan fingerprint density at radius 2 is 1.50 bits per heavy atom. The molecule has 0 amide bonds. The Balaban J connectivity index is 0.000000505. The van der Waals surface area contributed by atoms with Crippen LogP contribution in [0.3, 0.4) is 0 Å². The van der Waals surface area contributed by atoms with E-state index < -0.39 is 16.2 Å². The Hall–Kier alpha value is -0.820. The van der Waals surface area contributed by atoms with Gasteiger partial charge in [0.1, 0.15) is 0 Å². The normalized spacial score (nSPS) is 12.2. The summed E-state index contributed by atoms with van der Waals surface area (Å²) in [5.74, 6) is 0. The summed E-state index contributed by atoms with van der Waals surface area (Å²) in [5.41, 5.74) is 1.84. The number of rotatable bonds is 4. The van der Waals surface area contributed by atoms with Crippen LogP contribution in [0, 0.1) is 0 Å². The van der Waals surface area contributed by atoms with Gasteiger partial charge in [0, 0.05) is 15.1 Å². The van der Waals surface area contributed by atoms with Gasteiger partial charge in [-0.1, -0.05) is 53.0 Å². The molecule has 0 aliphatic heterocycles. The number of aryl methyl sites for hydroxylation is 1. The highest BCUT2D eigenvalue weighted by atomic mass is 35.5. The number of halogens is 3. The van der Waals surface area contributed by atoms with Crippen LogP contribution in [-0.2, 0) is 16.5 Å². The Morgan fingerprint density at radius 1 is 1.00 bits per heavy atom. The predicted molar refractivity (Wildman–Crippen MR) is 98.7 cm³/mol. The number of hydrogen-bond acceptors (Lipinski definition) is 3. The lowest BCUT2D eigenvalue weighted by Gasteiger charge is -2.12. The first-order valence-electron chi connectivity index (χ1n) is 6.86. The first-order valence-corrected chi connectivity index (χ1v) is 9.84. The van der Waals surface area contributed by atoms with E-state index in [9.17, 15) is 13.5 Å². The van der Waals surface area contributed by atoms with Crippen molar-refractivity contribution < 1.29 is 18.1 Å². The summed E-state index contributed by atoms with van der Waals surface area (Å²) in [5, 5.41) is 12.0. The molecule has 0 spiro atoms. The molecule has 132 valence electrons. The summed E-state index contributed by atoms with van der Waals surface area (Å²) in [6.45, 7) is 0. The van der Waals surface area contributed by atoms with Gasteiger partial charge in [0.25, 0.3) is 10.1 Å². The molecule has 0 fully saturated rings. The second kappa shape index (κ2) is 9.61. The third-order valence-electron chi connectivity index (χ3n) is 2.96. The highest BCUT2D eigenvalue weighted by molar-refractivity contribution is 7.85.